The van der Waals surface area contributed by atoms with Crippen LogP contribution < -0.4 is 0 Å². The maximum Gasteiger partial charge on any atom is 0.151 e. The lowest BCUT2D eigenvalue weighted by atomic mass is 10.2. The summed E-state index contributed by atoms with van der Waals surface area (Å²) in [5.41, 5.74) is 0. The topological polar surface area (TPSA) is 34.1 Å². The number of alkyl halides is 4. The predicted octanol–water partition coefficient (Wildman–Crippen LogP) is 2.63. The Morgan fingerprint density at radius 3 is 1.83 bits per heavy atom. The summed E-state index contributed by atoms with van der Waals surface area (Å²) in [6, 6.07) is 0. The fraction of sp³-hybridized carbons (Fsp3) is 1.00. The van der Waals surface area contributed by atoms with Gasteiger partial charge in [-0.3, -0.25) is 0 Å². The molecule has 1 heterocycles. The van der Waals surface area contributed by atoms with Crippen molar-refractivity contribution >= 4 is 73.6 Å². The van der Waals surface area contributed by atoms with Crippen molar-refractivity contribution in [3.05, 3.63) is 0 Å². The number of sulfone groups is 1. The van der Waals surface area contributed by atoms with Crippen LogP contribution in [0, 0.1) is 5.92 Å². The average Bonchev–Trinajstić information content (AvgIpc) is 2.03. The minimum atomic E-state index is -2.86. The lowest BCUT2D eigenvalue weighted by Gasteiger charge is -2.21. The molecule has 72 valence electrons. The molecule has 0 spiro atoms. The highest BCUT2D eigenvalue weighted by Crippen LogP contribution is 2.47. The molecule has 0 saturated carbocycles. The molecule has 0 radical (unpaired) electrons. The predicted molar refractivity (Wildman–Crippen MR) is 64.4 cm³/mol. The summed E-state index contributed by atoms with van der Waals surface area (Å²) in [4.78, 5) is 0.000579. The Morgan fingerprint density at radius 1 is 1.17 bits per heavy atom. The third-order valence-electron chi connectivity index (χ3n) is 1.70. The van der Waals surface area contributed by atoms with Crippen molar-refractivity contribution in [3.63, 3.8) is 0 Å². The van der Waals surface area contributed by atoms with Gasteiger partial charge in [-0.25, -0.2) is 8.42 Å². The third-order valence-corrected chi connectivity index (χ3v) is 6.59. The maximum absolute atomic E-state index is 11.2. The van der Waals surface area contributed by atoms with Crippen LogP contribution >= 0.6 is 63.7 Å². The molecule has 1 fully saturated rings. The SMILES string of the molecule is O=S1(=O)C[C@@H](Br)[C@H](C(Br)(Br)Br)C1. The summed E-state index contributed by atoms with van der Waals surface area (Å²) in [5, 5.41) is 0. The largest absolute Gasteiger partial charge is 0.229 e. The molecule has 0 unspecified atom stereocenters. The van der Waals surface area contributed by atoms with Crippen LogP contribution in [0.4, 0.5) is 0 Å². The second kappa shape index (κ2) is 3.79. The molecule has 0 amide bonds. The molecule has 0 aromatic carbocycles. The summed E-state index contributed by atoms with van der Waals surface area (Å²) in [5.74, 6) is 0.412. The second-order valence-corrected chi connectivity index (χ2v) is 13.0. The minimum Gasteiger partial charge on any atom is -0.229 e. The fourth-order valence-electron chi connectivity index (χ4n) is 1.10. The van der Waals surface area contributed by atoms with E-state index in [1.807, 2.05) is 0 Å². The van der Waals surface area contributed by atoms with Gasteiger partial charge < -0.3 is 0 Å². The van der Waals surface area contributed by atoms with Gasteiger partial charge in [0.25, 0.3) is 0 Å². The first kappa shape index (κ1) is 11.9. The van der Waals surface area contributed by atoms with Gasteiger partial charge in [-0.2, -0.15) is 0 Å². The zero-order valence-electron chi connectivity index (χ0n) is 5.81. The lowest BCUT2D eigenvalue weighted by molar-refractivity contribution is 0.598. The van der Waals surface area contributed by atoms with Crippen LogP contribution in [0.2, 0.25) is 0 Å². The van der Waals surface area contributed by atoms with Gasteiger partial charge in [-0.1, -0.05) is 63.7 Å². The molecule has 2 nitrogen and oxygen atoms in total. The van der Waals surface area contributed by atoms with Crippen LogP contribution in [0.15, 0.2) is 0 Å². The van der Waals surface area contributed by atoms with E-state index in [0.717, 1.165) is 0 Å². The first-order valence-corrected chi connectivity index (χ1v) is 8.25. The zero-order valence-corrected chi connectivity index (χ0v) is 13.0. The standard InChI is InChI=1S/C5H6Br4O2S/c6-4-2-12(10,11)1-3(4)5(7,8)9/h3-4H,1-2H2/t3-,4-/m1/s1. The first-order valence-electron chi connectivity index (χ1n) is 3.13. The van der Waals surface area contributed by atoms with Crippen LogP contribution in [0.5, 0.6) is 0 Å². The van der Waals surface area contributed by atoms with Crippen LogP contribution in [-0.4, -0.2) is 26.9 Å². The summed E-state index contributed by atoms with van der Waals surface area (Å²) in [6.45, 7) is 0. The van der Waals surface area contributed by atoms with Crippen LogP contribution in [0.3, 0.4) is 0 Å². The molecule has 0 N–H and O–H groups in total. The molecule has 0 bridgehead atoms. The van der Waals surface area contributed by atoms with E-state index in [2.05, 4.69) is 63.7 Å². The fourth-order valence-corrected chi connectivity index (χ4v) is 8.18. The first-order chi connectivity index (χ1) is 5.22. The van der Waals surface area contributed by atoms with Gasteiger partial charge in [-0.05, 0) is 0 Å². The van der Waals surface area contributed by atoms with Crippen molar-refractivity contribution in [3.8, 4) is 0 Å². The van der Waals surface area contributed by atoms with Crippen LogP contribution in [0.25, 0.3) is 0 Å². The van der Waals surface area contributed by atoms with Crippen molar-refractivity contribution in [1.29, 1.82) is 0 Å². The second-order valence-electron chi connectivity index (χ2n) is 2.74. The van der Waals surface area contributed by atoms with E-state index in [4.69, 9.17) is 0 Å². The lowest BCUT2D eigenvalue weighted by Crippen LogP contribution is -2.25. The number of hydrogen-bond donors (Lipinski definition) is 0. The van der Waals surface area contributed by atoms with Gasteiger partial charge in [0, 0.05) is 10.7 Å². The van der Waals surface area contributed by atoms with E-state index in [9.17, 15) is 8.42 Å². The molecule has 12 heavy (non-hydrogen) atoms. The Morgan fingerprint density at radius 2 is 1.67 bits per heavy atom. The van der Waals surface area contributed by atoms with Crippen LogP contribution in [-0.2, 0) is 9.84 Å². The van der Waals surface area contributed by atoms with Gasteiger partial charge in [0.05, 0.1) is 11.5 Å². The third kappa shape index (κ3) is 2.93. The quantitative estimate of drug-likeness (QED) is 0.533. The minimum absolute atomic E-state index is 0.000579. The van der Waals surface area contributed by atoms with E-state index in [1.165, 1.54) is 0 Å². The van der Waals surface area contributed by atoms with Gasteiger partial charge in [-0.15, -0.1) is 0 Å². The van der Waals surface area contributed by atoms with Gasteiger partial charge in [0.1, 0.15) is 2.14 Å². The van der Waals surface area contributed by atoms with Gasteiger partial charge in [0.2, 0.25) is 0 Å². The Hall–Kier alpha value is 1.87. The molecular weight excluding hydrogens is 444 g/mol. The molecule has 1 aliphatic heterocycles. The average molecular weight is 450 g/mol. The molecular formula is C5H6Br4O2S. The molecule has 1 aliphatic rings. The summed E-state index contributed by atoms with van der Waals surface area (Å²) < 4.78 is 21.9. The Bertz CT molecular complexity index is 268. The zero-order chi connectivity index (χ0) is 9.57. The van der Waals surface area contributed by atoms with Crippen molar-refractivity contribution in [2.24, 2.45) is 5.92 Å². The molecule has 0 aromatic heterocycles. The van der Waals surface area contributed by atoms with Crippen molar-refractivity contribution < 1.29 is 8.42 Å². The molecule has 1 rings (SSSR count). The molecule has 0 aromatic rings. The number of hydrogen-bond acceptors (Lipinski definition) is 2. The molecule has 2 atom stereocenters. The van der Waals surface area contributed by atoms with E-state index in [-0.39, 0.29) is 22.3 Å². The highest BCUT2D eigenvalue weighted by atomic mass is 80.0. The van der Waals surface area contributed by atoms with Gasteiger partial charge in [0.15, 0.2) is 9.84 Å². The Balaban J connectivity index is 2.85. The Labute approximate surface area is 105 Å². The normalized spacial score (nSPS) is 35.3. The summed E-state index contributed by atoms with van der Waals surface area (Å²) >= 11 is 13.4. The smallest absolute Gasteiger partial charge is 0.151 e. The number of rotatable bonds is 0. The molecule has 0 aliphatic carbocycles. The van der Waals surface area contributed by atoms with E-state index in [0.29, 0.717) is 0 Å². The van der Waals surface area contributed by atoms with E-state index < -0.39 is 12.0 Å². The summed E-state index contributed by atoms with van der Waals surface area (Å²) in [6.07, 6.45) is 0. The highest BCUT2D eigenvalue weighted by Gasteiger charge is 2.45. The molecule has 7 heteroatoms. The van der Waals surface area contributed by atoms with Crippen molar-refractivity contribution in [1.82, 2.24) is 0 Å². The number of halogens is 4. The van der Waals surface area contributed by atoms with Gasteiger partial charge >= 0.3 is 0 Å². The monoisotopic (exact) mass is 446 g/mol. The van der Waals surface area contributed by atoms with E-state index >= 15 is 0 Å². The Kier molecular flexibility index (Phi) is 3.77. The van der Waals surface area contributed by atoms with Crippen molar-refractivity contribution in [2.45, 2.75) is 6.97 Å². The highest BCUT2D eigenvalue weighted by molar-refractivity contribution is 9.39. The van der Waals surface area contributed by atoms with Crippen molar-refractivity contribution in [2.75, 3.05) is 11.5 Å². The molecule has 1 saturated heterocycles. The van der Waals surface area contributed by atoms with Crippen LogP contribution in [0.1, 0.15) is 0 Å². The maximum atomic E-state index is 11.2. The van der Waals surface area contributed by atoms with E-state index in [1.54, 1.807) is 0 Å². The summed E-state index contributed by atoms with van der Waals surface area (Å²) in [7, 11) is -2.86.